The van der Waals surface area contributed by atoms with Gasteiger partial charge in [0.05, 0.1) is 17.5 Å². The molecule has 1 atom stereocenters. The van der Waals surface area contributed by atoms with Crippen molar-refractivity contribution in [2.24, 2.45) is 0 Å². The molecule has 3 rings (SSSR count). The highest BCUT2D eigenvalue weighted by Gasteiger charge is 2.37. The van der Waals surface area contributed by atoms with Gasteiger partial charge in [-0.1, -0.05) is 50.2 Å². The van der Waals surface area contributed by atoms with Crippen molar-refractivity contribution in [3.63, 3.8) is 0 Å². The molecule has 0 saturated heterocycles. The maximum absolute atomic E-state index is 14.0. The third-order valence-electron chi connectivity index (χ3n) is 3.58. The lowest BCUT2D eigenvalue weighted by atomic mass is 10.0. The Hall–Kier alpha value is -1.79. The number of hydrogen-bond donors (Lipinski definition) is 0. The van der Waals surface area contributed by atoms with E-state index in [1.165, 1.54) is 0 Å². The number of rotatable bonds is 3. The first-order valence-corrected chi connectivity index (χ1v) is 8.59. The fourth-order valence-electron chi connectivity index (χ4n) is 2.62. The average molecular weight is 303 g/mol. The molecule has 1 aliphatic rings. The van der Waals surface area contributed by atoms with E-state index in [1.54, 1.807) is 12.1 Å². The van der Waals surface area contributed by atoms with Gasteiger partial charge in [0.15, 0.2) is 0 Å². The lowest BCUT2D eigenvalue weighted by Crippen LogP contribution is -2.25. The normalized spacial score (nSPS) is 24.2. The number of hydrogen-bond acceptors (Lipinski definition) is 2. The Kier molecular flexibility index (Phi) is 2.44. The fourth-order valence-corrected chi connectivity index (χ4v) is 4.81. The molecule has 0 aliphatic carbocycles. The van der Waals surface area contributed by atoms with Gasteiger partial charge < -0.3 is 4.52 Å². The summed E-state index contributed by atoms with van der Waals surface area (Å²) in [6.45, 7) is 3.86. The zero-order valence-corrected chi connectivity index (χ0v) is 12.9. The van der Waals surface area contributed by atoms with Gasteiger partial charge in [0.2, 0.25) is 0 Å². The highest BCUT2D eigenvalue weighted by molar-refractivity contribution is 7.74. The van der Waals surface area contributed by atoms with Gasteiger partial charge in [0.1, 0.15) is 5.76 Å². The Morgan fingerprint density at radius 1 is 1.10 bits per heavy atom. The molecule has 2 nitrogen and oxygen atoms in total. The highest BCUT2D eigenvalue weighted by atomic mass is 31.2. The second kappa shape index (κ2) is 5.54. The van der Waals surface area contributed by atoms with Crippen LogP contribution < -0.4 is 10.6 Å². The van der Waals surface area contributed by atoms with Gasteiger partial charge in [-0.25, -0.2) is 0 Å². The molecule has 0 radical (unpaired) electrons. The van der Waals surface area contributed by atoms with Gasteiger partial charge in [-0.2, -0.15) is 0 Å². The minimum Gasteiger partial charge on any atom is -0.441 e. The summed E-state index contributed by atoms with van der Waals surface area (Å²) in [4.78, 5) is 0. The molecule has 0 aromatic heterocycles. The molecule has 0 N–H and O–H groups in total. The van der Waals surface area contributed by atoms with Crippen LogP contribution in [0.5, 0.6) is 0 Å². The van der Waals surface area contributed by atoms with Crippen LogP contribution in [-0.4, -0.2) is 0 Å². The van der Waals surface area contributed by atoms with Crippen molar-refractivity contribution < 1.29 is 15.9 Å². The monoisotopic (exact) mass is 303 g/mol. The second-order valence-electron chi connectivity index (χ2n) is 4.74. The molecule has 0 bridgehead atoms. The van der Waals surface area contributed by atoms with E-state index in [4.69, 9.17) is 11.4 Å². The van der Waals surface area contributed by atoms with Crippen molar-refractivity contribution in [3.05, 3.63) is 65.8 Å². The summed E-state index contributed by atoms with van der Waals surface area (Å²) in [5, 5.41) is 0.115. The van der Waals surface area contributed by atoms with Gasteiger partial charge >= 0.3 is 7.37 Å². The van der Waals surface area contributed by atoms with Crippen LogP contribution in [0.15, 0.2) is 60.2 Å². The number of fused-ring (bicyclic) bond motifs is 1. The van der Waals surface area contributed by atoms with Crippen LogP contribution in [0.1, 0.15) is 39.1 Å². The smallest absolute Gasteiger partial charge is 0.307 e. The Labute approximate surface area is 132 Å². The molecule has 108 valence electrons. The van der Waals surface area contributed by atoms with Crippen LogP contribution in [0, 0.1) is 0 Å². The lowest BCUT2D eigenvalue weighted by molar-refractivity contribution is 0.406. The van der Waals surface area contributed by atoms with Gasteiger partial charge in [-0.15, -0.1) is 0 Å². The maximum Gasteiger partial charge on any atom is 0.307 e. The van der Waals surface area contributed by atoms with Crippen molar-refractivity contribution >= 4 is 23.6 Å². The van der Waals surface area contributed by atoms with Crippen LogP contribution >= 0.6 is 7.37 Å². The highest BCUT2D eigenvalue weighted by Crippen LogP contribution is 2.53. The van der Waals surface area contributed by atoms with Gasteiger partial charge in [-0.3, -0.25) is 4.57 Å². The van der Waals surface area contributed by atoms with Crippen LogP contribution in [0.2, 0.25) is 0 Å². The summed E-state index contributed by atoms with van der Waals surface area (Å²) in [6.07, 6.45) is 1.18. The zero-order valence-electron chi connectivity index (χ0n) is 17.0. The van der Waals surface area contributed by atoms with Crippen molar-refractivity contribution in [1.29, 1.82) is 0 Å². The van der Waals surface area contributed by atoms with Crippen molar-refractivity contribution in [2.75, 3.05) is 0 Å². The molecular formula is C18H19O2P. The van der Waals surface area contributed by atoms with E-state index in [0.717, 1.165) is 11.1 Å². The summed E-state index contributed by atoms with van der Waals surface area (Å²) in [5.74, 6) is 0.543. The Morgan fingerprint density at radius 2 is 1.81 bits per heavy atom. The van der Waals surface area contributed by atoms with Crippen molar-refractivity contribution in [3.8, 4) is 0 Å². The molecule has 1 unspecified atom stereocenters. The van der Waals surface area contributed by atoms with Crippen LogP contribution in [-0.2, 0) is 9.09 Å². The quantitative estimate of drug-likeness (QED) is 0.782. The van der Waals surface area contributed by atoms with E-state index in [-0.39, 0.29) is 5.30 Å². The van der Waals surface area contributed by atoms with Gasteiger partial charge in [-0.05, 0) is 35.7 Å². The SMILES string of the molecule is [2H]c1c([2H])c([2H])c(P2(=O)OC(CC)=C(CC)c3ccccc32)c([2H])c1[2H]. The first kappa shape index (κ1) is 9.27. The second-order valence-corrected chi connectivity index (χ2v) is 6.96. The zero-order chi connectivity index (χ0) is 19.2. The molecule has 1 aliphatic heterocycles. The largest absolute Gasteiger partial charge is 0.441 e. The maximum atomic E-state index is 14.0. The predicted molar refractivity (Wildman–Crippen MR) is 88.3 cm³/mol. The molecule has 21 heavy (non-hydrogen) atoms. The molecular weight excluding hydrogens is 279 g/mol. The third kappa shape index (κ3) is 2.24. The van der Waals surface area contributed by atoms with Gasteiger partial charge in [0, 0.05) is 6.42 Å². The Morgan fingerprint density at radius 3 is 2.48 bits per heavy atom. The van der Waals surface area contributed by atoms with Crippen molar-refractivity contribution in [1.82, 2.24) is 0 Å². The van der Waals surface area contributed by atoms with E-state index in [1.807, 2.05) is 26.0 Å². The third-order valence-corrected chi connectivity index (χ3v) is 5.89. The molecule has 0 saturated carbocycles. The molecule has 1 heterocycles. The summed E-state index contributed by atoms with van der Waals surface area (Å²) in [5.41, 5.74) is 1.69. The number of benzene rings is 2. The lowest BCUT2D eigenvalue weighted by Gasteiger charge is -2.30. The Bertz CT molecular complexity index is 955. The van der Waals surface area contributed by atoms with E-state index in [0.29, 0.717) is 23.9 Å². The van der Waals surface area contributed by atoms with Crippen molar-refractivity contribution in [2.45, 2.75) is 26.7 Å². The van der Waals surface area contributed by atoms with E-state index in [9.17, 15) is 4.57 Å². The minimum absolute atomic E-state index is 0.267. The Balaban J connectivity index is 2.41. The molecule has 0 fully saturated rings. The summed E-state index contributed by atoms with van der Waals surface area (Å²) < 4.78 is 59.9. The van der Waals surface area contributed by atoms with Crippen LogP contribution in [0.4, 0.5) is 0 Å². The van der Waals surface area contributed by atoms with Crippen LogP contribution in [0.3, 0.4) is 0 Å². The van der Waals surface area contributed by atoms with Gasteiger partial charge in [0.25, 0.3) is 0 Å². The van der Waals surface area contributed by atoms with E-state index in [2.05, 4.69) is 0 Å². The predicted octanol–water partition coefficient (Wildman–Crippen LogP) is 4.48. The summed E-state index contributed by atoms with van der Waals surface area (Å²) in [7, 11) is -3.88. The molecule has 0 spiro atoms. The standard InChI is InChI=1S/C18H19O2P/c1-3-15-16-12-8-9-13-18(16)21(19,20-17(15)4-2)14-10-6-5-7-11-14/h5-13H,3-4H2,1-2H3/i5D,6D,7D,10D,11D. The molecule has 3 heteroatoms. The average Bonchev–Trinajstić information content (AvgIpc) is 2.64. The molecule has 0 amide bonds. The minimum atomic E-state index is -3.88. The summed E-state index contributed by atoms with van der Waals surface area (Å²) >= 11 is 0. The summed E-state index contributed by atoms with van der Waals surface area (Å²) in [6, 6.07) is 4.54. The first-order valence-electron chi connectivity index (χ1n) is 9.47. The van der Waals surface area contributed by atoms with E-state index >= 15 is 0 Å². The first-order chi connectivity index (χ1) is 12.3. The number of allylic oxidation sites excluding steroid dienone is 2. The van der Waals surface area contributed by atoms with E-state index < -0.39 is 37.6 Å². The molecule has 2 aromatic carbocycles. The molecule has 2 aromatic rings. The fraction of sp³-hybridized carbons (Fsp3) is 0.222. The van der Waals surface area contributed by atoms with Crippen LogP contribution in [0.25, 0.3) is 5.57 Å². The topological polar surface area (TPSA) is 26.3 Å².